The molecule has 0 saturated carbocycles. The van der Waals surface area contributed by atoms with Crippen molar-refractivity contribution >= 4 is 16.5 Å². The molecule has 22 heavy (non-hydrogen) atoms. The van der Waals surface area contributed by atoms with Crippen LogP contribution in [0.25, 0.3) is 10.8 Å². The monoisotopic (exact) mass is 294 g/mol. The summed E-state index contributed by atoms with van der Waals surface area (Å²) in [4.78, 5) is 10.4. The fourth-order valence-corrected chi connectivity index (χ4v) is 2.61. The number of nitrogens with two attached hydrogens (primary N) is 1. The summed E-state index contributed by atoms with van der Waals surface area (Å²) in [5, 5.41) is 22.9. The van der Waals surface area contributed by atoms with Gasteiger partial charge in [-0.1, -0.05) is 42.5 Å². The Bertz CT molecular complexity index is 861. The molecule has 5 nitrogen and oxygen atoms in total. The van der Waals surface area contributed by atoms with E-state index in [4.69, 9.17) is 5.73 Å². The van der Waals surface area contributed by atoms with E-state index >= 15 is 0 Å². The molecule has 5 heteroatoms. The van der Waals surface area contributed by atoms with E-state index in [1.54, 1.807) is 18.2 Å². The molecule has 0 heterocycles. The largest absolute Gasteiger partial charge is 0.508 e. The molecule has 1 atom stereocenters. The van der Waals surface area contributed by atoms with Crippen molar-refractivity contribution < 1.29 is 10.0 Å². The van der Waals surface area contributed by atoms with Gasteiger partial charge in [-0.05, 0) is 22.4 Å². The number of hydrogen-bond acceptors (Lipinski definition) is 4. The lowest BCUT2D eigenvalue weighted by Gasteiger charge is -2.16. The van der Waals surface area contributed by atoms with Gasteiger partial charge in [-0.2, -0.15) is 0 Å². The predicted octanol–water partition coefficient (Wildman–Crippen LogP) is 3.50. The van der Waals surface area contributed by atoms with Crippen LogP contribution in [0.4, 0.5) is 5.69 Å². The number of benzene rings is 3. The molecular formula is C17H14N2O3. The zero-order chi connectivity index (χ0) is 15.7. The minimum Gasteiger partial charge on any atom is -0.508 e. The van der Waals surface area contributed by atoms with Crippen molar-refractivity contribution in [3.63, 3.8) is 0 Å². The number of phenols is 1. The van der Waals surface area contributed by atoms with Crippen LogP contribution in [0.5, 0.6) is 5.75 Å². The molecule has 3 aromatic carbocycles. The first-order chi connectivity index (χ1) is 10.6. The molecule has 0 aliphatic carbocycles. The third-order valence-electron chi connectivity index (χ3n) is 3.70. The van der Waals surface area contributed by atoms with Gasteiger partial charge in [0, 0.05) is 17.7 Å². The molecule has 3 aromatic rings. The molecule has 3 N–H and O–H groups in total. The summed E-state index contributed by atoms with van der Waals surface area (Å²) in [5.74, 6) is 0.0812. The van der Waals surface area contributed by atoms with Crippen LogP contribution in [-0.4, -0.2) is 10.0 Å². The summed E-state index contributed by atoms with van der Waals surface area (Å²) in [6.07, 6.45) is 0. The quantitative estimate of drug-likeness (QED) is 0.571. The van der Waals surface area contributed by atoms with E-state index in [1.807, 2.05) is 30.3 Å². The van der Waals surface area contributed by atoms with Gasteiger partial charge >= 0.3 is 0 Å². The molecule has 0 aliphatic heterocycles. The van der Waals surface area contributed by atoms with E-state index in [2.05, 4.69) is 0 Å². The molecule has 0 radical (unpaired) electrons. The van der Waals surface area contributed by atoms with E-state index in [0.717, 1.165) is 10.8 Å². The lowest BCUT2D eigenvalue weighted by Crippen LogP contribution is -2.13. The molecule has 0 amide bonds. The minimum absolute atomic E-state index is 0.0207. The number of rotatable bonds is 3. The standard InChI is InChI=1S/C17H14N2O3/c18-17(12-5-3-6-13(10-12)19(21)22)16-14-7-2-1-4-11(14)8-9-15(16)20/h1-10,17,20H,18H2/t17-/m0/s1. The smallest absolute Gasteiger partial charge is 0.269 e. The van der Waals surface area contributed by atoms with Gasteiger partial charge in [0.15, 0.2) is 0 Å². The maximum Gasteiger partial charge on any atom is 0.269 e. The molecule has 0 fully saturated rings. The fraction of sp³-hybridized carbons (Fsp3) is 0.0588. The molecule has 0 unspecified atom stereocenters. The normalized spacial score (nSPS) is 12.2. The zero-order valence-electron chi connectivity index (χ0n) is 11.6. The van der Waals surface area contributed by atoms with Crippen LogP contribution < -0.4 is 5.73 Å². The van der Waals surface area contributed by atoms with E-state index in [-0.39, 0.29) is 11.4 Å². The van der Waals surface area contributed by atoms with Gasteiger partial charge in [0.05, 0.1) is 11.0 Å². The summed E-state index contributed by atoms with van der Waals surface area (Å²) < 4.78 is 0. The first kappa shape index (κ1) is 14.0. The fourth-order valence-electron chi connectivity index (χ4n) is 2.61. The molecule has 0 aromatic heterocycles. The summed E-state index contributed by atoms with van der Waals surface area (Å²) in [6.45, 7) is 0. The van der Waals surface area contributed by atoms with Crippen LogP contribution in [0.3, 0.4) is 0 Å². The van der Waals surface area contributed by atoms with Gasteiger partial charge < -0.3 is 10.8 Å². The Morgan fingerprint density at radius 3 is 2.59 bits per heavy atom. The summed E-state index contributed by atoms with van der Waals surface area (Å²) in [5.41, 5.74) is 7.40. The van der Waals surface area contributed by atoms with E-state index in [0.29, 0.717) is 11.1 Å². The van der Waals surface area contributed by atoms with E-state index < -0.39 is 11.0 Å². The number of fused-ring (bicyclic) bond motifs is 1. The second-order valence-corrected chi connectivity index (χ2v) is 5.05. The van der Waals surface area contributed by atoms with Crippen LogP contribution in [0.15, 0.2) is 60.7 Å². The number of nitro benzene ring substituents is 1. The van der Waals surface area contributed by atoms with Crippen LogP contribution in [0, 0.1) is 10.1 Å². The summed E-state index contributed by atoms with van der Waals surface area (Å²) in [7, 11) is 0. The van der Waals surface area contributed by atoms with Crippen molar-refractivity contribution in [1.82, 2.24) is 0 Å². The van der Waals surface area contributed by atoms with Crippen LogP contribution in [0.2, 0.25) is 0 Å². The Hall–Kier alpha value is -2.92. The highest BCUT2D eigenvalue weighted by atomic mass is 16.6. The highest BCUT2D eigenvalue weighted by molar-refractivity contribution is 5.88. The second-order valence-electron chi connectivity index (χ2n) is 5.05. The number of phenolic OH excluding ortho intramolecular Hbond substituents is 1. The van der Waals surface area contributed by atoms with Crippen molar-refractivity contribution in [1.29, 1.82) is 0 Å². The first-order valence-electron chi connectivity index (χ1n) is 6.78. The number of nitrogens with zero attached hydrogens (tertiary/aromatic N) is 1. The third-order valence-corrected chi connectivity index (χ3v) is 3.70. The van der Waals surface area contributed by atoms with Crippen molar-refractivity contribution in [2.24, 2.45) is 5.73 Å². The van der Waals surface area contributed by atoms with Crippen LogP contribution in [0.1, 0.15) is 17.2 Å². The average Bonchev–Trinajstić information content (AvgIpc) is 2.54. The van der Waals surface area contributed by atoms with Crippen molar-refractivity contribution in [2.75, 3.05) is 0 Å². The molecule has 0 aliphatic rings. The molecule has 110 valence electrons. The third kappa shape index (κ3) is 2.38. The lowest BCUT2D eigenvalue weighted by atomic mass is 9.93. The molecule has 0 bridgehead atoms. The van der Waals surface area contributed by atoms with Crippen LogP contribution >= 0.6 is 0 Å². The van der Waals surface area contributed by atoms with Gasteiger partial charge in [-0.15, -0.1) is 0 Å². The maximum atomic E-state index is 10.9. The molecular weight excluding hydrogens is 280 g/mol. The number of nitro groups is 1. The summed E-state index contributed by atoms with van der Waals surface area (Å²) >= 11 is 0. The Kier molecular flexibility index (Phi) is 3.48. The Balaban J connectivity index is 2.17. The second kappa shape index (κ2) is 5.46. The average molecular weight is 294 g/mol. The maximum absolute atomic E-state index is 10.9. The first-order valence-corrected chi connectivity index (χ1v) is 6.78. The SMILES string of the molecule is N[C@@H](c1cccc([N+](=O)[O-])c1)c1c(O)ccc2ccccc12. The van der Waals surface area contributed by atoms with Gasteiger partial charge in [-0.25, -0.2) is 0 Å². The van der Waals surface area contributed by atoms with Gasteiger partial charge in [0.1, 0.15) is 5.75 Å². The van der Waals surface area contributed by atoms with E-state index in [1.165, 1.54) is 12.1 Å². The van der Waals surface area contributed by atoms with Gasteiger partial charge in [0.2, 0.25) is 0 Å². The van der Waals surface area contributed by atoms with Crippen molar-refractivity contribution in [3.8, 4) is 5.75 Å². The Labute approximate surface area is 126 Å². The topological polar surface area (TPSA) is 89.4 Å². The molecule has 0 spiro atoms. The molecule has 0 saturated heterocycles. The van der Waals surface area contributed by atoms with Crippen molar-refractivity contribution in [3.05, 3.63) is 81.9 Å². The predicted molar refractivity (Wildman–Crippen MR) is 84.7 cm³/mol. The van der Waals surface area contributed by atoms with Crippen molar-refractivity contribution in [2.45, 2.75) is 6.04 Å². The highest BCUT2D eigenvalue weighted by Crippen LogP contribution is 2.35. The van der Waals surface area contributed by atoms with Crippen LogP contribution in [-0.2, 0) is 0 Å². The highest BCUT2D eigenvalue weighted by Gasteiger charge is 2.18. The molecule has 3 rings (SSSR count). The van der Waals surface area contributed by atoms with Gasteiger partial charge in [-0.3, -0.25) is 10.1 Å². The van der Waals surface area contributed by atoms with Gasteiger partial charge in [0.25, 0.3) is 5.69 Å². The Morgan fingerprint density at radius 1 is 1.05 bits per heavy atom. The number of hydrogen-bond donors (Lipinski definition) is 2. The summed E-state index contributed by atoms with van der Waals surface area (Å²) in [6, 6.07) is 16.5. The number of aromatic hydroxyl groups is 1. The zero-order valence-corrected chi connectivity index (χ0v) is 11.6. The van der Waals surface area contributed by atoms with E-state index in [9.17, 15) is 15.2 Å². The Morgan fingerprint density at radius 2 is 1.82 bits per heavy atom. The lowest BCUT2D eigenvalue weighted by molar-refractivity contribution is -0.384. The minimum atomic E-state index is -0.647. The number of non-ortho nitro benzene ring substituents is 1.